The van der Waals surface area contributed by atoms with Crippen molar-refractivity contribution in [2.24, 2.45) is 0 Å². The molecule has 4 heteroatoms. The Balaban J connectivity index is 2.73. The zero-order valence-corrected chi connectivity index (χ0v) is 8.38. The van der Waals surface area contributed by atoms with Crippen molar-refractivity contribution in [2.45, 2.75) is 6.42 Å². The molecule has 16 heavy (non-hydrogen) atoms. The van der Waals surface area contributed by atoms with E-state index in [0.717, 1.165) is 0 Å². The van der Waals surface area contributed by atoms with Gasteiger partial charge in [-0.2, -0.15) is 5.26 Å². The number of rotatable bonds is 4. The summed E-state index contributed by atoms with van der Waals surface area (Å²) in [5.41, 5.74) is 1.19. The normalized spacial score (nSPS) is 9.94. The molecule has 0 saturated heterocycles. The second-order valence-electron chi connectivity index (χ2n) is 3.11. The maximum Gasteiger partial charge on any atom is 0.311 e. The minimum atomic E-state index is -1.15. The van der Waals surface area contributed by atoms with Crippen molar-refractivity contribution in [1.82, 2.24) is 0 Å². The molecule has 4 nitrogen and oxygen atoms in total. The minimum Gasteiger partial charge on any atom is -0.481 e. The molecule has 0 saturated carbocycles. The number of ketones is 1. The molecule has 0 aliphatic rings. The first-order valence-electron chi connectivity index (χ1n) is 4.54. The smallest absolute Gasteiger partial charge is 0.311 e. The van der Waals surface area contributed by atoms with Crippen molar-refractivity contribution in [3.8, 4) is 6.07 Å². The number of carboxylic acid groups (broad SMARTS) is 1. The van der Waals surface area contributed by atoms with Gasteiger partial charge in [0.05, 0.1) is 11.6 Å². The van der Waals surface area contributed by atoms with E-state index in [1.807, 2.05) is 6.07 Å². The van der Waals surface area contributed by atoms with Gasteiger partial charge in [-0.15, -0.1) is 0 Å². The zero-order chi connectivity index (χ0) is 12.0. The molecule has 0 aliphatic heterocycles. The first kappa shape index (κ1) is 11.7. The highest BCUT2D eigenvalue weighted by Gasteiger charge is 2.02. The van der Waals surface area contributed by atoms with Gasteiger partial charge < -0.3 is 5.11 Å². The lowest BCUT2D eigenvalue weighted by Crippen LogP contribution is -2.02. The standard InChI is InChI=1S/C12H9NO3/c13-8-10-3-1-2-9(6-10)4-5-11(14)7-12(15)16/h1-6H,7H2,(H,15,16)/b5-4+. The Morgan fingerprint density at radius 3 is 2.81 bits per heavy atom. The molecule has 1 N–H and O–H groups in total. The van der Waals surface area contributed by atoms with Crippen LogP contribution in [0.1, 0.15) is 17.5 Å². The summed E-state index contributed by atoms with van der Waals surface area (Å²) in [4.78, 5) is 21.3. The lowest BCUT2D eigenvalue weighted by molar-refractivity contribution is -0.139. The molecule has 1 rings (SSSR count). The average Bonchev–Trinajstić information content (AvgIpc) is 2.26. The number of hydrogen-bond donors (Lipinski definition) is 1. The van der Waals surface area contributed by atoms with Gasteiger partial charge >= 0.3 is 5.97 Å². The number of aliphatic carboxylic acids is 1. The molecule has 1 aromatic rings. The number of nitrogens with zero attached hydrogens (tertiary/aromatic N) is 1. The molecule has 0 aromatic heterocycles. The van der Waals surface area contributed by atoms with E-state index in [2.05, 4.69) is 0 Å². The van der Waals surface area contributed by atoms with E-state index < -0.39 is 18.2 Å². The van der Waals surface area contributed by atoms with E-state index >= 15 is 0 Å². The Bertz CT molecular complexity index is 483. The largest absolute Gasteiger partial charge is 0.481 e. The summed E-state index contributed by atoms with van der Waals surface area (Å²) in [7, 11) is 0. The lowest BCUT2D eigenvalue weighted by Gasteiger charge is -1.93. The van der Waals surface area contributed by atoms with Crippen LogP contribution in [-0.4, -0.2) is 16.9 Å². The molecule has 0 amide bonds. The highest BCUT2D eigenvalue weighted by Crippen LogP contribution is 2.06. The Hall–Kier alpha value is -2.41. The third-order valence-corrected chi connectivity index (χ3v) is 1.80. The molecular weight excluding hydrogens is 206 g/mol. The molecule has 0 radical (unpaired) electrons. The number of benzene rings is 1. The van der Waals surface area contributed by atoms with Gasteiger partial charge in [-0.05, 0) is 23.8 Å². The van der Waals surface area contributed by atoms with Gasteiger partial charge in [0.15, 0.2) is 5.78 Å². The SMILES string of the molecule is N#Cc1cccc(/C=C/C(=O)CC(=O)O)c1. The predicted octanol–water partition coefficient (Wildman–Crippen LogP) is 1.62. The van der Waals surface area contributed by atoms with Crippen LogP contribution in [0.3, 0.4) is 0 Å². The molecule has 1 aromatic carbocycles. The van der Waals surface area contributed by atoms with Crippen molar-refractivity contribution >= 4 is 17.8 Å². The van der Waals surface area contributed by atoms with Crippen LogP contribution in [0.15, 0.2) is 30.3 Å². The first-order valence-corrected chi connectivity index (χ1v) is 4.54. The first-order chi connectivity index (χ1) is 7.61. The summed E-state index contributed by atoms with van der Waals surface area (Å²) in [6.07, 6.45) is 2.17. The quantitative estimate of drug-likeness (QED) is 0.611. The van der Waals surface area contributed by atoms with Gasteiger partial charge in [0.2, 0.25) is 0 Å². The molecule has 0 aliphatic carbocycles. The van der Waals surface area contributed by atoms with E-state index in [4.69, 9.17) is 10.4 Å². The molecule has 80 valence electrons. The topological polar surface area (TPSA) is 78.2 Å². The fourth-order valence-electron chi connectivity index (χ4n) is 1.11. The summed E-state index contributed by atoms with van der Waals surface area (Å²) in [5, 5.41) is 17.0. The zero-order valence-electron chi connectivity index (χ0n) is 8.38. The average molecular weight is 215 g/mol. The van der Waals surface area contributed by atoms with Crippen molar-refractivity contribution in [1.29, 1.82) is 5.26 Å². The number of nitriles is 1. The van der Waals surface area contributed by atoms with Crippen molar-refractivity contribution < 1.29 is 14.7 Å². The highest BCUT2D eigenvalue weighted by molar-refractivity contribution is 6.03. The number of carbonyl (C=O) groups is 2. The number of hydrogen-bond acceptors (Lipinski definition) is 3. The Kier molecular flexibility index (Phi) is 3.98. The maximum absolute atomic E-state index is 11.0. The summed E-state index contributed by atoms with van der Waals surface area (Å²) < 4.78 is 0. The molecule has 0 unspecified atom stereocenters. The predicted molar refractivity (Wildman–Crippen MR) is 57.5 cm³/mol. The molecule has 0 fully saturated rings. The van der Waals surface area contributed by atoms with Gasteiger partial charge in [0.1, 0.15) is 6.42 Å². The van der Waals surface area contributed by atoms with Gasteiger partial charge in [-0.25, -0.2) is 0 Å². The molecular formula is C12H9NO3. The minimum absolute atomic E-state index is 0.477. The fraction of sp³-hybridized carbons (Fsp3) is 0.0833. The van der Waals surface area contributed by atoms with E-state index in [0.29, 0.717) is 11.1 Å². The monoisotopic (exact) mass is 215 g/mol. The van der Waals surface area contributed by atoms with Gasteiger partial charge in [0.25, 0.3) is 0 Å². The van der Waals surface area contributed by atoms with Crippen LogP contribution in [0.25, 0.3) is 6.08 Å². The summed E-state index contributed by atoms with van der Waals surface area (Å²) in [6.45, 7) is 0. The summed E-state index contributed by atoms with van der Waals surface area (Å²) >= 11 is 0. The van der Waals surface area contributed by atoms with Gasteiger partial charge in [-0.3, -0.25) is 9.59 Å². The van der Waals surface area contributed by atoms with Crippen molar-refractivity contribution in [2.75, 3.05) is 0 Å². The fourth-order valence-corrected chi connectivity index (χ4v) is 1.11. The van der Waals surface area contributed by atoms with Gasteiger partial charge in [0, 0.05) is 0 Å². The molecule has 0 atom stereocenters. The maximum atomic E-state index is 11.0. The Labute approximate surface area is 92.4 Å². The number of carboxylic acids is 1. The molecule has 0 spiro atoms. The van der Waals surface area contributed by atoms with Crippen LogP contribution < -0.4 is 0 Å². The second-order valence-corrected chi connectivity index (χ2v) is 3.11. The molecule has 0 bridgehead atoms. The second kappa shape index (κ2) is 5.47. The van der Waals surface area contributed by atoms with E-state index in [1.165, 1.54) is 12.2 Å². The van der Waals surface area contributed by atoms with Crippen molar-refractivity contribution in [3.05, 3.63) is 41.5 Å². The van der Waals surface area contributed by atoms with E-state index in [1.54, 1.807) is 24.3 Å². The number of allylic oxidation sites excluding steroid dienone is 1. The Morgan fingerprint density at radius 1 is 1.44 bits per heavy atom. The van der Waals surface area contributed by atoms with Crippen LogP contribution in [-0.2, 0) is 9.59 Å². The van der Waals surface area contributed by atoms with E-state index in [-0.39, 0.29) is 0 Å². The summed E-state index contributed by atoms with van der Waals surface area (Å²) in [5.74, 6) is -1.63. The van der Waals surface area contributed by atoms with Crippen LogP contribution in [0.5, 0.6) is 0 Å². The van der Waals surface area contributed by atoms with Crippen molar-refractivity contribution in [3.63, 3.8) is 0 Å². The third kappa shape index (κ3) is 3.76. The third-order valence-electron chi connectivity index (χ3n) is 1.80. The van der Waals surface area contributed by atoms with Crippen LogP contribution in [0.2, 0.25) is 0 Å². The van der Waals surface area contributed by atoms with E-state index in [9.17, 15) is 9.59 Å². The lowest BCUT2D eigenvalue weighted by atomic mass is 10.1. The molecule has 0 heterocycles. The Morgan fingerprint density at radius 2 is 2.19 bits per heavy atom. The van der Waals surface area contributed by atoms with Gasteiger partial charge in [-0.1, -0.05) is 18.2 Å². The number of carbonyl (C=O) groups excluding carboxylic acids is 1. The van der Waals surface area contributed by atoms with Crippen LogP contribution in [0, 0.1) is 11.3 Å². The highest BCUT2D eigenvalue weighted by atomic mass is 16.4. The summed E-state index contributed by atoms with van der Waals surface area (Å²) in [6, 6.07) is 8.66. The van der Waals surface area contributed by atoms with Crippen LogP contribution in [0.4, 0.5) is 0 Å². The van der Waals surface area contributed by atoms with Crippen LogP contribution >= 0.6 is 0 Å².